The van der Waals surface area contributed by atoms with E-state index in [4.69, 9.17) is 10.8 Å². The quantitative estimate of drug-likeness (QED) is 0.562. The van der Waals surface area contributed by atoms with E-state index in [-0.39, 0.29) is 12.5 Å². The first-order valence-electron chi connectivity index (χ1n) is 9.71. The van der Waals surface area contributed by atoms with Gasteiger partial charge in [-0.3, -0.25) is 9.79 Å². The maximum Gasteiger partial charge on any atom is 0.269 e. The number of aromatic nitrogens is 1. The molecule has 2 rings (SSSR count). The molecule has 0 fully saturated rings. The van der Waals surface area contributed by atoms with Crippen LogP contribution in [-0.4, -0.2) is 23.7 Å². The molecular formula is C24H35N3O2. The Labute approximate surface area is 176 Å². The number of carbonyl (C=O) groups is 1. The molecule has 1 N–H and O–H groups in total. The predicted molar refractivity (Wildman–Crippen MR) is 123 cm³/mol. The van der Waals surface area contributed by atoms with Crippen molar-refractivity contribution in [1.29, 1.82) is 0 Å². The van der Waals surface area contributed by atoms with Gasteiger partial charge < -0.3 is 9.73 Å². The molecule has 0 aliphatic rings. The highest BCUT2D eigenvalue weighted by atomic mass is 16.3. The summed E-state index contributed by atoms with van der Waals surface area (Å²) in [6.07, 6.45) is 12.0. The monoisotopic (exact) mass is 397 g/mol. The molecule has 5 nitrogen and oxygen atoms in total. The van der Waals surface area contributed by atoms with E-state index in [2.05, 4.69) is 59.3 Å². The van der Waals surface area contributed by atoms with Gasteiger partial charge >= 0.3 is 0 Å². The van der Waals surface area contributed by atoms with Crippen LogP contribution in [0.5, 0.6) is 0 Å². The number of terminal acetylenes is 1. The molecule has 158 valence electrons. The van der Waals surface area contributed by atoms with Crippen LogP contribution in [-0.2, 0) is 11.3 Å². The van der Waals surface area contributed by atoms with Crippen LogP contribution < -0.4 is 5.32 Å². The largest absolute Gasteiger partial charge is 0.447 e. The number of aliphatic imine (C=N–C) groups is 1. The first-order chi connectivity index (χ1) is 14.0. The van der Waals surface area contributed by atoms with Crippen molar-refractivity contribution in [2.75, 3.05) is 7.05 Å². The van der Waals surface area contributed by atoms with Crippen molar-refractivity contribution in [3.63, 3.8) is 0 Å². The van der Waals surface area contributed by atoms with Gasteiger partial charge in [0.2, 0.25) is 5.89 Å². The van der Waals surface area contributed by atoms with Crippen LogP contribution in [0, 0.1) is 26.2 Å². The van der Waals surface area contributed by atoms with E-state index >= 15 is 0 Å². The Morgan fingerprint density at radius 2 is 1.76 bits per heavy atom. The molecule has 2 aromatic rings. The minimum atomic E-state index is -0.242. The van der Waals surface area contributed by atoms with Gasteiger partial charge in [-0.1, -0.05) is 62.2 Å². The first kappa shape index (κ1) is 28.1. The Morgan fingerprint density at radius 1 is 1.24 bits per heavy atom. The summed E-state index contributed by atoms with van der Waals surface area (Å²) in [6.45, 7) is 12.2. The zero-order chi connectivity index (χ0) is 22.5. The Bertz CT molecular complexity index is 716. The smallest absolute Gasteiger partial charge is 0.269 e. The average molecular weight is 398 g/mol. The highest BCUT2D eigenvalue weighted by Gasteiger charge is 2.07. The molecule has 0 bridgehead atoms. The van der Waals surface area contributed by atoms with E-state index in [1.165, 1.54) is 23.6 Å². The van der Waals surface area contributed by atoms with Crippen molar-refractivity contribution in [3.05, 3.63) is 65.9 Å². The number of rotatable bonds is 4. The van der Waals surface area contributed by atoms with Crippen LogP contribution >= 0.6 is 0 Å². The van der Waals surface area contributed by atoms with Gasteiger partial charge in [0, 0.05) is 13.5 Å². The van der Waals surface area contributed by atoms with Crippen LogP contribution in [0.25, 0.3) is 0 Å². The summed E-state index contributed by atoms with van der Waals surface area (Å²) in [4.78, 5) is 19.2. The molecule has 0 unspecified atom stereocenters. The molecule has 0 atom stereocenters. The number of allylic oxidation sites excluding steroid dienone is 1. The Morgan fingerprint density at radius 3 is 2.10 bits per heavy atom. The fourth-order valence-corrected chi connectivity index (χ4v) is 1.63. The summed E-state index contributed by atoms with van der Waals surface area (Å²) in [6, 6.07) is 8.48. The zero-order valence-corrected chi connectivity index (χ0v) is 18.8. The van der Waals surface area contributed by atoms with Crippen molar-refractivity contribution >= 4 is 11.6 Å². The van der Waals surface area contributed by atoms with Crippen LogP contribution in [0.4, 0.5) is 0 Å². The van der Waals surface area contributed by atoms with Crippen molar-refractivity contribution in [2.24, 2.45) is 4.99 Å². The molecule has 5 heteroatoms. The van der Waals surface area contributed by atoms with Gasteiger partial charge in [-0.05, 0) is 26.8 Å². The molecule has 1 heterocycles. The maximum absolute atomic E-state index is 11.5. The summed E-state index contributed by atoms with van der Waals surface area (Å²) >= 11 is 0. The van der Waals surface area contributed by atoms with Gasteiger partial charge in [0.05, 0.1) is 12.7 Å². The van der Waals surface area contributed by atoms with Crippen molar-refractivity contribution in [2.45, 2.75) is 54.5 Å². The molecule has 0 spiro atoms. The highest BCUT2D eigenvalue weighted by Crippen LogP contribution is 1.99. The molecule has 1 aromatic carbocycles. The van der Waals surface area contributed by atoms with E-state index in [1.54, 1.807) is 19.2 Å². The van der Waals surface area contributed by atoms with Gasteiger partial charge in [-0.15, -0.1) is 12.3 Å². The molecule has 0 aliphatic heterocycles. The molecule has 0 aliphatic carbocycles. The van der Waals surface area contributed by atoms with E-state index < -0.39 is 0 Å². The minimum absolute atomic E-state index is 0.242. The number of amides is 1. The predicted octanol–water partition coefficient (Wildman–Crippen LogP) is 5.30. The lowest BCUT2D eigenvalue weighted by atomic mass is 10.2. The van der Waals surface area contributed by atoms with Gasteiger partial charge in [0.1, 0.15) is 12.0 Å². The number of nitrogens with zero attached hydrogens (tertiary/aromatic N) is 2. The second-order valence-electron chi connectivity index (χ2n) is 5.43. The zero-order valence-electron chi connectivity index (χ0n) is 18.8. The van der Waals surface area contributed by atoms with Gasteiger partial charge in [-0.2, -0.15) is 0 Å². The van der Waals surface area contributed by atoms with Gasteiger partial charge in [0.15, 0.2) is 0 Å². The Balaban J connectivity index is 0. The lowest BCUT2D eigenvalue weighted by molar-refractivity contribution is -0.115. The summed E-state index contributed by atoms with van der Waals surface area (Å²) in [5.41, 5.74) is 3.04. The third kappa shape index (κ3) is 15.6. The molecule has 0 saturated carbocycles. The van der Waals surface area contributed by atoms with E-state index in [1.807, 2.05) is 27.7 Å². The topological polar surface area (TPSA) is 67.5 Å². The van der Waals surface area contributed by atoms with Crippen molar-refractivity contribution in [1.82, 2.24) is 10.3 Å². The lowest BCUT2D eigenvalue weighted by Gasteiger charge is -2.01. The normalized spacial score (nSPS) is 9.66. The van der Waals surface area contributed by atoms with Gasteiger partial charge in [-0.25, -0.2) is 4.98 Å². The van der Waals surface area contributed by atoms with Crippen LogP contribution in [0.15, 0.2) is 58.3 Å². The fraction of sp³-hybridized carbons (Fsp3) is 0.375. The van der Waals surface area contributed by atoms with Gasteiger partial charge in [0.25, 0.3) is 5.91 Å². The summed E-state index contributed by atoms with van der Waals surface area (Å²) in [5, 5.41) is 2.64. The number of hydrogen-bond acceptors (Lipinski definition) is 4. The lowest BCUT2D eigenvalue weighted by Crippen LogP contribution is -2.29. The third-order valence-electron chi connectivity index (χ3n) is 3.10. The highest BCUT2D eigenvalue weighted by molar-refractivity contribution is 6.43. The second kappa shape index (κ2) is 19.6. The summed E-state index contributed by atoms with van der Waals surface area (Å²) in [7, 11) is 1.57. The number of aryl methyl sites for hydroxylation is 2. The minimum Gasteiger partial charge on any atom is -0.447 e. The third-order valence-corrected chi connectivity index (χ3v) is 3.10. The average Bonchev–Trinajstić information content (AvgIpc) is 3.28. The van der Waals surface area contributed by atoms with E-state index in [9.17, 15) is 4.79 Å². The molecular weight excluding hydrogens is 362 g/mol. The number of oxazole rings is 1. The summed E-state index contributed by atoms with van der Waals surface area (Å²) < 4.78 is 4.97. The van der Waals surface area contributed by atoms with Crippen LogP contribution in [0.3, 0.4) is 0 Å². The maximum atomic E-state index is 11.5. The standard InChI is InChI=1S/C10H13N3O2.C8H10.C4H6.C2H6/c1-3-4-8(11-2)10(14)13-7-9-12-5-6-15-9;1-7-3-5-8(2)6-4-7;1-3-4-2;1-2/h3-6H,7H2,1-2H3,(H,13,14);3-6H,1-2H3;1H,4H2,2H3;1-2H3/b4-3-,11-8?;;;. The molecule has 1 amide bonds. The number of hydrogen-bond donors (Lipinski definition) is 1. The number of benzene rings is 1. The molecule has 0 saturated heterocycles. The van der Waals surface area contributed by atoms with E-state index in [0.29, 0.717) is 11.6 Å². The molecule has 29 heavy (non-hydrogen) atoms. The number of nitrogens with one attached hydrogen (secondary N) is 1. The van der Waals surface area contributed by atoms with Crippen molar-refractivity contribution < 1.29 is 9.21 Å². The number of carbonyl (C=O) groups excluding carboxylic acids is 1. The fourth-order valence-electron chi connectivity index (χ4n) is 1.63. The van der Waals surface area contributed by atoms with E-state index in [0.717, 1.165) is 6.42 Å². The first-order valence-corrected chi connectivity index (χ1v) is 9.71. The Hall–Kier alpha value is -3.13. The Kier molecular flexibility index (Phi) is 19.0. The molecule has 1 aromatic heterocycles. The van der Waals surface area contributed by atoms with Crippen LogP contribution in [0.1, 0.15) is 51.1 Å². The summed E-state index contributed by atoms with van der Waals surface area (Å²) in [5.74, 6) is 2.66. The van der Waals surface area contributed by atoms with Crippen molar-refractivity contribution in [3.8, 4) is 12.3 Å². The van der Waals surface area contributed by atoms with Crippen LogP contribution in [0.2, 0.25) is 0 Å². The SMILES string of the molecule is C#CCC.C/C=C\C(=NC)C(=O)NCc1ncco1.CC.Cc1ccc(C)cc1. The second-order valence-corrected chi connectivity index (χ2v) is 5.43. The molecule has 0 radical (unpaired) electrons.